The highest BCUT2D eigenvalue weighted by atomic mass is 15.2. The van der Waals surface area contributed by atoms with Gasteiger partial charge in [-0.25, -0.2) is 9.97 Å². The van der Waals surface area contributed by atoms with E-state index in [1.54, 1.807) is 24.7 Å². The summed E-state index contributed by atoms with van der Waals surface area (Å²) >= 11 is 0. The Hall–Kier alpha value is -2.48. The van der Waals surface area contributed by atoms with E-state index >= 15 is 0 Å². The average Bonchev–Trinajstić information content (AvgIpc) is 2.40. The van der Waals surface area contributed by atoms with Crippen molar-refractivity contribution in [2.75, 3.05) is 11.9 Å². The lowest BCUT2D eigenvalue weighted by atomic mass is 10.3. The normalized spacial score (nSPS) is 9.65. The molecule has 0 saturated heterocycles. The van der Waals surface area contributed by atoms with Crippen LogP contribution in [-0.4, -0.2) is 22.0 Å². The van der Waals surface area contributed by atoms with Crippen LogP contribution < -0.4 is 4.90 Å². The Morgan fingerprint density at radius 2 is 2.24 bits per heavy atom. The Morgan fingerprint density at radius 3 is 2.94 bits per heavy atom. The van der Waals surface area contributed by atoms with Gasteiger partial charge in [0.15, 0.2) is 0 Å². The lowest BCUT2D eigenvalue weighted by Crippen LogP contribution is -2.19. The second-order valence-corrected chi connectivity index (χ2v) is 3.57. The molecule has 2 aromatic rings. The van der Waals surface area contributed by atoms with Crippen LogP contribution in [-0.2, 0) is 6.54 Å². The number of aromatic nitrogens is 3. The highest BCUT2D eigenvalue weighted by Crippen LogP contribution is 2.09. The molecular weight excluding hydrogens is 214 g/mol. The second-order valence-electron chi connectivity index (χ2n) is 3.57. The van der Waals surface area contributed by atoms with Crippen LogP contribution in [0, 0.1) is 11.3 Å². The van der Waals surface area contributed by atoms with Gasteiger partial charge in [0.2, 0.25) is 5.95 Å². The number of anilines is 1. The molecule has 0 bridgehead atoms. The van der Waals surface area contributed by atoms with Crippen LogP contribution in [0.2, 0.25) is 0 Å². The van der Waals surface area contributed by atoms with Crippen molar-refractivity contribution in [3.8, 4) is 6.07 Å². The molecule has 2 rings (SSSR count). The molecule has 0 atom stereocenters. The highest BCUT2D eigenvalue weighted by molar-refractivity contribution is 5.33. The van der Waals surface area contributed by atoms with E-state index in [1.165, 1.54) is 0 Å². The molecule has 0 spiro atoms. The summed E-state index contributed by atoms with van der Waals surface area (Å²) in [5.74, 6) is 0.535. The summed E-state index contributed by atoms with van der Waals surface area (Å²) in [7, 11) is 1.88. The van der Waals surface area contributed by atoms with Crippen LogP contribution in [0.15, 0.2) is 36.8 Å². The topological polar surface area (TPSA) is 65.7 Å². The van der Waals surface area contributed by atoms with Gasteiger partial charge >= 0.3 is 0 Å². The number of nitrogens with zero attached hydrogens (tertiary/aromatic N) is 5. The minimum Gasteiger partial charge on any atom is -0.339 e. The van der Waals surface area contributed by atoms with Gasteiger partial charge < -0.3 is 4.90 Å². The Kier molecular flexibility index (Phi) is 3.26. The Morgan fingerprint density at radius 1 is 1.35 bits per heavy atom. The summed E-state index contributed by atoms with van der Waals surface area (Å²) in [6.07, 6.45) is 5.11. The van der Waals surface area contributed by atoms with Crippen LogP contribution in [0.25, 0.3) is 0 Å². The summed E-state index contributed by atoms with van der Waals surface area (Å²) < 4.78 is 0. The molecule has 0 saturated carbocycles. The van der Waals surface area contributed by atoms with Crippen molar-refractivity contribution in [3.63, 3.8) is 0 Å². The van der Waals surface area contributed by atoms with E-state index in [9.17, 15) is 0 Å². The van der Waals surface area contributed by atoms with Crippen molar-refractivity contribution >= 4 is 5.95 Å². The summed E-state index contributed by atoms with van der Waals surface area (Å²) in [5, 5.41) is 8.76. The maximum Gasteiger partial charge on any atom is 0.226 e. The van der Waals surface area contributed by atoms with Crippen LogP contribution in [0.5, 0.6) is 0 Å². The third-order valence-corrected chi connectivity index (χ3v) is 2.24. The molecule has 84 valence electrons. The molecule has 5 heteroatoms. The first-order valence-corrected chi connectivity index (χ1v) is 5.13. The second kappa shape index (κ2) is 5.03. The summed E-state index contributed by atoms with van der Waals surface area (Å²) in [6.45, 7) is 0.655. The van der Waals surface area contributed by atoms with Gasteiger partial charge in [0.05, 0.1) is 0 Å². The molecule has 0 unspecified atom stereocenters. The van der Waals surface area contributed by atoms with Gasteiger partial charge in [0.25, 0.3) is 0 Å². The number of nitriles is 1. The standard InChI is InChI=1S/C12H11N5/c1-17(9-10-3-2-5-14-8-10)12-15-6-4-11(7-13)16-12/h2-6,8H,9H2,1H3. The third kappa shape index (κ3) is 2.75. The van der Waals surface area contributed by atoms with Crippen molar-refractivity contribution in [1.29, 1.82) is 5.26 Å². The quantitative estimate of drug-likeness (QED) is 0.789. The van der Waals surface area contributed by atoms with Crippen molar-refractivity contribution in [2.24, 2.45) is 0 Å². The predicted molar refractivity (Wildman–Crippen MR) is 63.1 cm³/mol. The van der Waals surface area contributed by atoms with Gasteiger partial charge in [-0.1, -0.05) is 6.07 Å². The zero-order valence-corrected chi connectivity index (χ0v) is 9.41. The summed E-state index contributed by atoms with van der Waals surface area (Å²) in [6, 6.07) is 7.45. The number of rotatable bonds is 3. The van der Waals surface area contributed by atoms with Crippen molar-refractivity contribution < 1.29 is 0 Å². The fourth-order valence-electron chi connectivity index (χ4n) is 1.43. The fraction of sp³-hybridized carbons (Fsp3) is 0.167. The molecule has 0 N–H and O–H groups in total. The molecule has 5 nitrogen and oxygen atoms in total. The minimum atomic E-state index is 0.369. The predicted octanol–water partition coefficient (Wildman–Crippen LogP) is 1.38. The molecule has 2 aromatic heterocycles. The molecule has 0 aromatic carbocycles. The SMILES string of the molecule is CN(Cc1cccnc1)c1nccc(C#N)n1. The zero-order valence-electron chi connectivity index (χ0n) is 9.41. The van der Waals surface area contributed by atoms with E-state index in [1.807, 2.05) is 30.1 Å². The molecule has 0 fully saturated rings. The third-order valence-electron chi connectivity index (χ3n) is 2.24. The first-order chi connectivity index (χ1) is 8.29. The van der Waals surface area contributed by atoms with Gasteiger partial charge in [0, 0.05) is 32.2 Å². The van der Waals surface area contributed by atoms with Gasteiger partial charge in [-0.15, -0.1) is 0 Å². The van der Waals surface area contributed by atoms with E-state index in [2.05, 4.69) is 15.0 Å². The Balaban J connectivity index is 2.15. The first kappa shape index (κ1) is 11.0. The number of pyridine rings is 1. The van der Waals surface area contributed by atoms with Crippen LogP contribution in [0.4, 0.5) is 5.95 Å². The Labute approximate surface area is 99.4 Å². The highest BCUT2D eigenvalue weighted by Gasteiger charge is 2.05. The van der Waals surface area contributed by atoms with Crippen molar-refractivity contribution in [1.82, 2.24) is 15.0 Å². The van der Waals surface area contributed by atoms with Crippen molar-refractivity contribution in [3.05, 3.63) is 48.0 Å². The van der Waals surface area contributed by atoms with Gasteiger partial charge in [0.1, 0.15) is 11.8 Å². The van der Waals surface area contributed by atoms with E-state index in [0.717, 1.165) is 5.56 Å². The molecule has 0 amide bonds. The average molecular weight is 225 g/mol. The summed E-state index contributed by atoms with van der Waals surface area (Å²) in [5.41, 5.74) is 1.44. The van der Waals surface area contributed by atoms with Gasteiger partial charge in [-0.05, 0) is 17.7 Å². The van der Waals surface area contributed by atoms with Crippen LogP contribution in [0.3, 0.4) is 0 Å². The monoisotopic (exact) mass is 225 g/mol. The number of hydrogen-bond acceptors (Lipinski definition) is 5. The first-order valence-electron chi connectivity index (χ1n) is 5.13. The molecule has 0 radical (unpaired) electrons. The molecule has 17 heavy (non-hydrogen) atoms. The maximum absolute atomic E-state index is 8.76. The van der Waals surface area contributed by atoms with Crippen LogP contribution in [0.1, 0.15) is 11.3 Å². The Bertz CT molecular complexity index is 532. The minimum absolute atomic E-state index is 0.369. The number of hydrogen-bond donors (Lipinski definition) is 0. The lowest BCUT2D eigenvalue weighted by molar-refractivity contribution is 0.859. The van der Waals surface area contributed by atoms with Gasteiger partial charge in [-0.3, -0.25) is 4.98 Å². The molecule has 2 heterocycles. The maximum atomic E-state index is 8.76. The van der Waals surface area contributed by atoms with Crippen LogP contribution >= 0.6 is 0 Å². The fourth-order valence-corrected chi connectivity index (χ4v) is 1.43. The van der Waals surface area contributed by atoms with Crippen molar-refractivity contribution in [2.45, 2.75) is 6.54 Å². The largest absolute Gasteiger partial charge is 0.339 e. The smallest absolute Gasteiger partial charge is 0.226 e. The van der Waals surface area contributed by atoms with E-state index < -0.39 is 0 Å². The van der Waals surface area contributed by atoms with E-state index in [-0.39, 0.29) is 0 Å². The van der Waals surface area contributed by atoms with Gasteiger partial charge in [-0.2, -0.15) is 5.26 Å². The molecule has 0 aliphatic rings. The van der Waals surface area contributed by atoms with E-state index in [0.29, 0.717) is 18.2 Å². The lowest BCUT2D eigenvalue weighted by Gasteiger charge is -2.16. The zero-order chi connectivity index (χ0) is 12.1. The molecule has 0 aliphatic heterocycles. The molecular formula is C12H11N5. The molecule has 0 aliphatic carbocycles. The van der Waals surface area contributed by atoms with E-state index in [4.69, 9.17) is 5.26 Å². The summed E-state index contributed by atoms with van der Waals surface area (Å²) in [4.78, 5) is 14.2.